The van der Waals surface area contributed by atoms with E-state index in [4.69, 9.17) is 11.6 Å². The standard InChI is InChI=1S/C10H7BrClN3/c11-7-3-1-2-4-8(7)14-9-5-6-13-10(12)15-9/h1-6H,(H,13,14,15). The van der Waals surface area contributed by atoms with Crippen LogP contribution in [0.2, 0.25) is 5.28 Å². The van der Waals surface area contributed by atoms with Gasteiger partial charge in [0.1, 0.15) is 5.82 Å². The molecule has 2 rings (SSSR count). The van der Waals surface area contributed by atoms with Crippen molar-refractivity contribution in [3.63, 3.8) is 0 Å². The van der Waals surface area contributed by atoms with E-state index in [1.807, 2.05) is 24.3 Å². The Bertz CT molecular complexity index is 476. The molecule has 0 saturated carbocycles. The third-order valence-corrected chi connectivity index (χ3v) is 2.64. The minimum Gasteiger partial charge on any atom is -0.339 e. The maximum atomic E-state index is 5.68. The molecule has 0 fully saturated rings. The number of anilines is 2. The van der Waals surface area contributed by atoms with Crippen LogP contribution >= 0.6 is 27.5 Å². The SMILES string of the molecule is Clc1nccc(Nc2ccccc2Br)n1. The fourth-order valence-electron chi connectivity index (χ4n) is 1.11. The molecule has 1 aromatic carbocycles. The van der Waals surface area contributed by atoms with E-state index in [2.05, 4.69) is 31.2 Å². The van der Waals surface area contributed by atoms with Gasteiger partial charge in [-0.05, 0) is 45.7 Å². The lowest BCUT2D eigenvalue weighted by Gasteiger charge is -2.06. The van der Waals surface area contributed by atoms with Crippen molar-refractivity contribution in [2.75, 3.05) is 5.32 Å². The van der Waals surface area contributed by atoms with Gasteiger partial charge in [-0.15, -0.1) is 0 Å². The van der Waals surface area contributed by atoms with Gasteiger partial charge in [0, 0.05) is 10.7 Å². The normalized spacial score (nSPS) is 10.0. The third-order valence-electron chi connectivity index (χ3n) is 1.76. The van der Waals surface area contributed by atoms with Gasteiger partial charge in [0.2, 0.25) is 5.28 Å². The highest BCUT2D eigenvalue weighted by atomic mass is 79.9. The van der Waals surface area contributed by atoms with Gasteiger partial charge in [-0.2, -0.15) is 0 Å². The number of hydrogen-bond acceptors (Lipinski definition) is 3. The number of benzene rings is 1. The van der Waals surface area contributed by atoms with Crippen LogP contribution in [-0.4, -0.2) is 9.97 Å². The molecule has 0 spiro atoms. The monoisotopic (exact) mass is 283 g/mol. The molecule has 5 heteroatoms. The van der Waals surface area contributed by atoms with Crippen molar-refractivity contribution in [1.82, 2.24) is 9.97 Å². The Morgan fingerprint density at radius 1 is 1.20 bits per heavy atom. The lowest BCUT2D eigenvalue weighted by molar-refractivity contribution is 1.17. The first-order valence-corrected chi connectivity index (χ1v) is 5.43. The van der Waals surface area contributed by atoms with Crippen molar-refractivity contribution < 1.29 is 0 Å². The number of para-hydroxylation sites is 1. The molecular formula is C10H7BrClN3. The molecule has 0 bridgehead atoms. The summed E-state index contributed by atoms with van der Waals surface area (Å²) in [6.07, 6.45) is 1.61. The molecule has 0 aliphatic carbocycles. The van der Waals surface area contributed by atoms with Crippen LogP contribution in [0.15, 0.2) is 41.0 Å². The zero-order valence-electron chi connectivity index (χ0n) is 7.61. The smallest absolute Gasteiger partial charge is 0.224 e. The zero-order chi connectivity index (χ0) is 10.7. The van der Waals surface area contributed by atoms with E-state index in [1.54, 1.807) is 12.3 Å². The third kappa shape index (κ3) is 2.67. The number of aromatic nitrogens is 2. The highest BCUT2D eigenvalue weighted by molar-refractivity contribution is 9.10. The van der Waals surface area contributed by atoms with Crippen LogP contribution in [-0.2, 0) is 0 Å². The van der Waals surface area contributed by atoms with Gasteiger partial charge < -0.3 is 5.32 Å². The number of nitrogens with one attached hydrogen (secondary N) is 1. The van der Waals surface area contributed by atoms with Gasteiger partial charge in [-0.25, -0.2) is 9.97 Å². The lowest BCUT2D eigenvalue weighted by atomic mass is 10.3. The van der Waals surface area contributed by atoms with Crippen molar-refractivity contribution in [3.05, 3.63) is 46.3 Å². The Balaban J connectivity index is 2.26. The van der Waals surface area contributed by atoms with Gasteiger partial charge in [0.15, 0.2) is 0 Å². The van der Waals surface area contributed by atoms with Crippen molar-refractivity contribution in [3.8, 4) is 0 Å². The maximum absolute atomic E-state index is 5.68. The summed E-state index contributed by atoms with van der Waals surface area (Å²) in [5.41, 5.74) is 0.937. The van der Waals surface area contributed by atoms with Crippen molar-refractivity contribution >= 4 is 39.0 Å². The predicted octanol–water partition coefficient (Wildman–Crippen LogP) is 3.64. The van der Waals surface area contributed by atoms with Gasteiger partial charge >= 0.3 is 0 Å². The first-order valence-electron chi connectivity index (χ1n) is 4.26. The number of halogens is 2. The van der Waals surface area contributed by atoms with Crippen LogP contribution in [0, 0.1) is 0 Å². The maximum Gasteiger partial charge on any atom is 0.224 e. The van der Waals surface area contributed by atoms with Crippen LogP contribution < -0.4 is 5.32 Å². The van der Waals surface area contributed by atoms with Crippen LogP contribution in [0.1, 0.15) is 0 Å². The van der Waals surface area contributed by atoms with Crippen molar-refractivity contribution in [1.29, 1.82) is 0 Å². The lowest BCUT2D eigenvalue weighted by Crippen LogP contribution is -1.94. The van der Waals surface area contributed by atoms with E-state index < -0.39 is 0 Å². The van der Waals surface area contributed by atoms with Crippen molar-refractivity contribution in [2.45, 2.75) is 0 Å². The zero-order valence-corrected chi connectivity index (χ0v) is 9.96. The molecule has 0 atom stereocenters. The van der Waals surface area contributed by atoms with Gasteiger partial charge in [-0.3, -0.25) is 0 Å². The molecule has 2 aromatic rings. The number of nitrogens with zero attached hydrogens (tertiary/aromatic N) is 2. The van der Waals surface area contributed by atoms with Crippen molar-refractivity contribution in [2.24, 2.45) is 0 Å². The topological polar surface area (TPSA) is 37.8 Å². The fourth-order valence-corrected chi connectivity index (χ4v) is 1.64. The summed E-state index contributed by atoms with van der Waals surface area (Å²) >= 11 is 9.11. The molecular weight excluding hydrogens is 277 g/mol. The Hall–Kier alpha value is -1.13. The van der Waals surface area contributed by atoms with Gasteiger partial charge in [-0.1, -0.05) is 12.1 Å². The van der Waals surface area contributed by atoms with E-state index >= 15 is 0 Å². The van der Waals surface area contributed by atoms with E-state index in [0.29, 0.717) is 5.82 Å². The Morgan fingerprint density at radius 2 is 2.00 bits per heavy atom. The quantitative estimate of drug-likeness (QED) is 0.856. The first-order chi connectivity index (χ1) is 7.25. The molecule has 0 unspecified atom stereocenters. The van der Waals surface area contributed by atoms with E-state index in [0.717, 1.165) is 10.2 Å². The molecule has 1 aromatic heterocycles. The molecule has 3 nitrogen and oxygen atoms in total. The summed E-state index contributed by atoms with van der Waals surface area (Å²) in [5.74, 6) is 0.668. The predicted molar refractivity (Wildman–Crippen MR) is 64.5 cm³/mol. The second kappa shape index (κ2) is 4.59. The van der Waals surface area contributed by atoms with Crippen LogP contribution in [0.4, 0.5) is 11.5 Å². The van der Waals surface area contributed by atoms with E-state index in [9.17, 15) is 0 Å². The molecule has 1 heterocycles. The molecule has 1 N–H and O–H groups in total. The molecule has 0 amide bonds. The Labute approximate surface area is 101 Å². The molecule has 0 aliphatic heterocycles. The minimum atomic E-state index is 0.229. The highest BCUT2D eigenvalue weighted by Gasteiger charge is 2.00. The van der Waals surface area contributed by atoms with Crippen LogP contribution in [0.3, 0.4) is 0 Å². The van der Waals surface area contributed by atoms with Gasteiger partial charge in [0.25, 0.3) is 0 Å². The summed E-state index contributed by atoms with van der Waals surface area (Å²) in [7, 11) is 0. The van der Waals surface area contributed by atoms with E-state index in [-0.39, 0.29) is 5.28 Å². The fraction of sp³-hybridized carbons (Fsp3) is 0. The molecule has 15 heavy (non-hydrogen) atoms. The minimum absolute atomic E-state index is 0.229. The Morgan fingerprint density at radius 3 is 2.73 bits per heavy atom. The van der Waals surface area contributed by atoms with Crippen LogP contribution in [0.25, 0.3) is 0 Å². The highest BCUT2D eigenvalue weighted by Crippen LogP contribution is 2.24. The molecule has 0 aliphatic rings. The molecule has 76 valence electrons. The summed E-state index contributed by atoms with van der Waals surface area (Å²) in [4.78, 5) is 7.84. The van der Waals surface area contributed by atoms with Gasteiger partial charge in [0.05, 0.1) is 5.69 Å². The summed E-state index contributed by atoms with van der Waals surface area (Å²) in [6.45, 7) is 0. The summed E-state index contributed by atoms with van der Waals surface area (Å²) in [5, 5.41) is 3.36. The second-order valence-corrected chi connectivity index (χ2v) is 4.01. The number of hydrogen-bond donors (Lipinski definition) is 1. The van der Waals surface area contributed by atoms with E-state index in [1.165, 1.54) is 0 Å². The molecule has 0 saturated heterocycles. The Kier molecular flexibility index (Phi) is 3.18. The van der Waals surface area contributed by atoms with Crippen LogP contribution in [0.5, 0.6) is 0 Å². The average Bonchev–Trinajstić information content (AvgIpc) is 2.22. The summed E-state index contributed by atoms with van der Waals surface area (Å²) < 4.78 is 0.972. The molecule has 0 radical (unpaired) electrons. The second-order valence-electron chi connectivity index (χ2n) is 2.82. The number of rotatable bonds is 2. The largest absolute Gasteiger partial charge is 0.339 e. The summed E-state index contributed by atoms with van der Waals surface area (Å²) in [6, 6.07) is 9.54. The average molecular weight is 285 g/mol. The first kappa shape index (κ1) is 10.4.